The molecular formula is C15H18O6. The third-order valence-electron chi connectivity index (χ3n) is 3.52. The van der Waals surface area contributed by atoms with E-state index in [9.17, 15) is 9.90 Å². The van der Waals surface area contributed by atoms with Gasteiger partial charge < -0.3 is 24.1 Å². The van der Waals surface area contributed by atoms with Gasteiger partial charge in [-0.1, -0.05) is 18.2 Å². The monoisotopic (exact) mass is 294 g/mol. The molecule has 2 aliphatic heterocycles. The summed E-state index contributed by atoms with van der Waals surface area (Å²) in [6, 6.07) is 8.65. The number of benzene rings is 1. The lowest BCUT2D eigenvalue weighted by atomic mass is 10.1. The second kappa shape index (κ2) is 5.38. The van der Waals surface area contributed by atoms with Crippen molar-refractivity contribution >= 4 is 5.97 Å². The summed E-state index contributed by atoms with van der Waals surface area (Å²) in [6.45, 7) is 3.33. The first-order chi connectivity index (χ1) is 10.00. The van der Waals surface area contributed by atoms with Crippen molar-refractivity contribution in [1.82, 2.24) is 0 Å². The third-order valence-corrected chi connectivity index (χ3v) is 3.52. The normalized spacial score (nSPS) is 33.7. The van der Waals surface area contributed by atoms with Crippen LogP contribution in [-0.2, 0) is 18.9 Å². The van der Waals surface area contributed by atoms with Crippen LogP contribution >= 0.6 is 0 Å². The maximum atomic E-state index is 12.1. The Bertz CT molecular complexity index is 514. The van der Waals surface area contributed by atoms with Gasteiger partial charge in [0.05, 0.1) is 12.2 Å². The first-order valence-corrected chi connectivity index (χ1v) is 6.88. The molecule has 3 rings (SSSR count). The molecule has 0 aliphatic carbocycles. The minimum Gasteiger partial charge on any atom is -0.429 e. The largest absolute Gasteiger partial charge is 0.429 e. The molecule has 0 amide bonds. The van der Waals surface area contributed by atoms with E-state index >= 15 is 0 Å². The van der Waals surface area contributed by atoms with E-state index in [0.29, 0.717) is 5.56 Å². The number of hydrogen-bond acceptors (Lipinski definition) is 6. The molecule has 2 heterocycles. The van der Waals surface area contributed by atoms with Gasteiger partial charge >= 0.3 is 5.97 Å². The summed E-state index contributed by atoms with van der Waals surface area (Å²) in [4.78, 5) is 12.1. The molecule has 6 heteroatoms. The maximum absolute atomic E-state index is 12.1. The Kier molecular flexibility index (Phi) is 3.71. The zero-order valence-electron chi connectivity index (χ0n) is 11.9. The minimum atomic E-state index is -0.887. The number of aliphatic hydroxyl groups is 1. The van der Waals surface area contributed by atoms with Crippen LogP contribution in [0, 0.1) is 0 Å². The summed E-state index contributed by atoms with van der Waals surface area (Å²) >= 11 is 0. The molecule has 0 aromatic heterocycles. The summed E-state index contributed by atoms with van der Waals surface area (Å²) < 4.78 is 22.3. The molecular weight excluding hydrogens is 276 g/mol. The van der Waals surface area contributed by atoms with Crippen LogP contribution in [0.2, 0.25) is 0 Å². The molecule has 6 nitrogen and oxygen atoms in total. The quantitative estimate of drug-likeness (QED) is 0.841. The lowest BCUT2D eigenvalue weighted by Crippen LogP contribution is -2.33. The second-order valence-corrected chi connectivity index (χ2v) is 5.56. The standard InChI is InChI=1S/C15H18O6/c1-15(2)20-11-10(8-16)18-14(12(11)21-15)19-13(17)9-6-4-3-5-7-9/h3-7,10-12,14,16H,8H2,1-2H3/t10-,11?,12?,14?/m0/s1. The highest BCUT2D eigenvalue weighted by Crippen LogP contribution is 2.39. The van der Waals surface area contributed by atoms with Gasteiger partial charge in [0.15, 0.2) is 11.9 Å². The zero-order chi connectivity index (χ0) is 15.0. The molecule has 1 aromatic carbocycles. The van der Waals surface area contributed by atoms with Crippen LogP contribution in [0.25, 0.3) is 0 Å². The van der Waals surface area contributed by atoms with Crippen molar-refractivity contribution in [2.24, 2.45) is 0 Å². The van der Waals surface area contributed by atoms with Crippen molar-refractivity contribution in [2.45, 2.75) is 44.2 Å². The van der Waals surface area contributed by atoms with E-state index in [2.05, 4.69) is 0 Å². The Balaban J connectivity index is 1.72. The fourth-order valence-electron chi connectivity index (χ4n) is 2.63. The van der Waals surface area contributed by atoms with Crippen LogP contribution in [0.5, 0.6) is 0 Å². The number of carbonyl (C=O) groups is 1. The van der Waals surface area contributed by atoms with Crippen molar-refractivity contribution in [3.05, 3.63) is 35.9 Å². The smallest absolute Gasteiger partial charge is 0.340 e. The number of ether oxygens (including phenoxy) is 4. The summed E-state index contributed by atoms with van der Waals surface area (Å²) in [7, 11) is 0. The number of carbonyl (C=O) groups excluding carboxylic acids is 1. The Morgan fingerprint density at radius 3 is 2.57 bits per heavy atom. The van der Waals surface area contributed by atoms with Crippen molar-refractivity contribution in [1.29, 1.82) is 0 Å². The second-order valence-electron chi connectivity index (χ2n) is 5.56. The first kappa shape index (κ1) is 14.5. The van der Waals surface area contributed by atoms with Gasteiger partial charge in [-0.25, -0.2) is 4.79 Å². The summed E-state index contributed by atoms with van der Waals surface area (Å²) in [5.41, 5.74) is 0.434. The SMILES string of the molecule is CC1(C)OC2C(OC(=O)c3ccccc3)O[C@@H](CO)C2O1. The van der Waals surface area contributed by atoms with Crippen molar-refractivity contribution in [3.63, 3.8) is 0 Å². The highest BCUT2D eigenvalue weighted by atomic mass is 16.8. The van der Waals surface area contributed by atoms with E-state index in [1.54, 1.807) is 38.1 Å². The molecule has 0 radical (unpaired) electrons. The molecule has 0 saturated carbocycles. The topological polar surface area (TPSA) is 74.2 Å². The van der Waals surface area contributed by atoms with E-state index in [-0.39, 0.29) is 6.61 Å². The van der Waals surface area contributed by atoms with Crippen LogP contribution < -0.4 is 0 Å². The highest BCUT2D eigenvalue weighted by molar-refractivity contribution is 5.89. The Morgan fingerprint density at radius 1 is 1.24 bits per heavy atom. The van der Waals surface area contributed by atoms with Crippen LogP contribution in [0.3, 0.4) is 0 Å². The maximum Gasteiger partial charge on any atom is 0.340 e. The molecule has 3 unspecified atom stereocenters. The van der Waals surface area contributed by atoms with Gasteiger partial charge in [0.25, 0.3) is 0 Å². The number of fused-ring (bicyclic) bond motifs is 1. The van der Waals surface area contributed by atoms with Crippen molar-refractivity contribution in [2.75, 3.05) is 6.61 Å². The van der Waals surface area contributed by atoms with E-state index < -0.39 is 36.4 Å². The van der Waals surface area contributed by atoms with Gasteiger partial charge in [0, 0.05) is 0 Å². The average Bonchev–Trinajstić information content (AvgIpc) is 2.94. The van der Waals surface area contributed by atoms with E-state index in [4.69, 9.17) is 18.9 Å². The van der Waals surface area contributed by atoms with Crippen LogP contribution in [-0.4, -0.2) is 48.1 Å². The van der Waals surface area contributed by atoms with E-state index in [0.717, 1.165) is 0 Å². The third kappa shape index (κ3) is 2.80. The molecule has 4 atom stereocenters. The zero-order valence-corrected chi connectivity index (χ0v) is 11.9. The van der Waals surface area contributed by atoms with Crippen molar-refractivity contribution in [3.8, 4) is 0 Å². The predicted molar refractivity (Wildman–Crippen MR) is 71.4 cm³/mol. The molecule has 114 valence electrons. The summed E-state index contributed by atoms with van der Waals surface area (Å²) in [5.74, 6) is -1.28. The van der Waals surface area contributed by atoms with Gasteiger partial charge in [0.2, 0.25) is 6.29 Å². The van der Waals surface area contributed by atoms with E-state index in [1.807, 2.05) is 6.07 Å². The summed E-state index contributed by atoms with van der Waals surface area (Å²) in [5, 5.41) is 9.35. The van der Waals surface area contributed by atoms with Gasteiger partial charge in [-0.3, -0.25) is 0 Å². The molecule has 1 N–H and O–H groups in total. The van der Waals surface area contributed by atoms with Gasteiger partial charge in [-0.15, -0.1) is 0 Å². The van der Waals surface area contributed by atoms with Crippen LogP contribution in [0.15, 0.2) is 30.3 Å². The highest BCUT2D eigenvalue weighted by Gasteiger charge is 2.56. The molecule has 2 aliphatic rings. The number of esters is 1. The van der Waals surface area contributed by atoms with Gasteiger partial charge in [-0.2, -0.15) is 0 Å². The molecule has 2 fully saturated rings. The number of hydrogen-bond donors (Lipinski definition) is 1. The molecule has 0 bridgehead atoms. The Hall–Kier alpha value is -1.47. The Labute approximate surface area is 122 Å². The molecule has 0 spiro atoms. The fourth-order valence-corrected chi connectivity index (χ4v) is 2.63. The van der Waals surface area contributed by atoms with Gasteiger partial charge in [-0.05, 0) is 26.0 Å². The molecule has 21 heavy (non-hydrogen) atoms. The lowest BCUT2D eigenvalue weighted by Gasteiger charge is -2.23. The fraction of sp³-hybridized carbons (Fsp3) is 0.533. The summed E-state index contributed by atoms with van der Waals surface area (Å²) in [6.07, 6.45) is -2.43. The molecule has 1 aromatic rings. The minimum absolute atomic E-state index is 0.222. The Morgan fingerprint density at radius 2 is 1.90 bits per heavy atom. The molecule has 2 saturated heterocycles. The van der Waals surface area contributed by atoms with Crippen molar-refractivity contribution < 1.29 is 28.8 Å². The van der Waals surface area contributed by atoms with Gasteiger partial charge in [0.1, 0.15) is 12.2 Å². The predicted octanol–water partition coefficient (Wildman–Crippen LogP) is 1.08. The number of aliphatic hydroxyl groups excluding tert-OH is 1. The average molecular weight is 294 g/mol. The lowest BCUT2D eigenvalue weighted by molar-refractivity contribution is -0.223. The van der Waals surface area contributed by atoms with Crippen LogP contribution in [0.1, 0.15) is 24.2 Å². The number of rotatable bonds is 3. The van der Waals surface area contributed by atoms with Crippen LogP contribution in [0.4, 0.5) is 0 Å². The first-order valence-electron chi connectivity index (χ1n) is 6.88. The van der Waals surface area contributed by atoms with E-state index in [1.165, 1.54) is 0 Å².